The predicted octanol–water partition coefficient (Wildman–Crippen LogP) is 4.17. The van der Waals surface area contributed by atoms with E-state index in [1.165, 1.54) is 7.11 Å². The molecule has 0 unspecified atom stereocenters. The zero-order chi connectivity index (χ0) is 27.8. The molecule has 1 saturated carbocycles. The Morgan fingerprint density at radius 3 is 2.00 bits per heavy atom. The third kappa shape index (κ3) is 2.52. The molecule has 200 valence electrons. The quantitative estimate of drug-likeness (QED) is 0.393. The van der Waals surface area contributed by atoms with Gasteiger partial charge in [-0.25, -0.2) is 4.79 Å². The summed E-state index contributed by atoms with van der Waals surface area (Å²) in [7, 11) is 3.23. The molecule has 0 aromatic heterocycles. The Kier molecular flexibility index (Phi) is 5.18. The number of ether oxygens (including phenoxy) is 1. The SMILES string of the molecule is COC(=O)[C@]1(O)[C@]2(c3ccccc3)CN(C)[C@@]3(C(=O)N(Cc4ccccc4)c4ccccc43)[C@]12c1ccccc1. The number of carbonyl (C=O) groups is 2. The van der Waals surface area contributed by atoms with E-state index in [-0.39, 0.29) is 12.5 Å². The van der Waals surface area contributed by atoms with Crippen molar-refractivity contribution in [2.24, 2.45) is 0 Å². The van der Waals surface area contributed by atoms with Gasteiger partial charge in [0.15, 0.2) is 5.60 Å². The highest BCUT2D eigenvalue weighted by atomic mass is 16.5. The van der Waals surface area contributed by atoms with Crippen LogP contribution in [-0.4, -0.2) is 48.2 Å². The Bertz CT molecular complexity index is 1630. The minimum Gasteiger partial charge on any atom is -0.467 e. The minimum absolute atomic E-state index is 0.165. The number of anilines is 1. The van der Waals surface area contributed by atoms with Gasteiger partial charge in [-0.2, -0.15) is 0 Å². The first kappa shape index (κ1) is 24.8. The monoisotopic (exact) mass is 530 g/mol. The number of piperidine rings is 1. The molecule has 0 radical (unpaired) electrons. The molecule has 4 aromatic rings. The van der Waals surface area contributed by atoms with Crippen LogP contribution in [-0.2, 0) is 37.2 Å². The Balaban J connectivity index is 1.58. The lowest BCUT2D eigenvalue weighted by Gasteiger charge is -2.42. The molecule has 6 nitrogen and oxygen atoms in total. The first-order valence-electron chi connectivity index (χ1n) is 13.5. The molecule has 1 amide bonds. The summed E-state index contributed by atoms with van der Waals surface area (Å²) in [6.45, 7) is 0.642. The van der Waals surface area contributed by atoms with E-state index >= 15 is 4.79 Å². The van der Waals surface area contributed by atoms with Gasteiger partial charge in [-0.3, -0.25) is 9.69 Å². The highest BCUT2D eigenvalue weighted by Gasteiger charge is 3.03. The van der Waals surface area contributed by atoms with Crippen molar-refractivity contribution in [2.45, 2.75) is 28.5 Å². The maximum absolute atomic E-state index is 15.2. The highest BCUT2D eigenvalue weighted by Crippen LogP contribution is 2.85. The molecule has 1 spiro atoms. The van der Waals surface area contributed by atoms with Gasteiger partial charge in [0, 0.05) is 17.8 Å². The lowest BCUT2D eigenvalue weighted by Crippen LogP contribution is -2.61. The molecule has 40 heavy (non-hydrogen) atoms. The third-order valence-corrected chi connectivity index (χ3v) is 9.60. The van der Waals surface area contributed by atoms with E-state index in [1.54, 1.807) is 0 Å². The number of benzene rings is 4. The molecule has 2 fully saturated rings. The van der Waals surface area contributed by atoms with E-state index in [0.29, 0.717) is 6.54 Å². The van der Waals surface area contributed by atoms with Gasteiger partial charge >= 0.3 is 5.97 Å². The second-order valence-corrected chi connectivity index (χ2v) is 11.0. The molecule has 0 bridgehead atoms. The molecule has 3 aliphatic rings. The van der Waals surface area contributed by atoms with Crippen LogP contribution in [0.3, 0.4) is 0 Å². The van der Waals surface area contributed by atoms with Crippen molar-refractivity contribution in [2.75, 3.05) is 25.6 Å². The second kappa shape index (κ2) is 8.37. The summed E-state index contributed by atoms with van der Waals surface area (Å²) >= 11 is 0. The van der Waals surface area contributed by atoms with Crippen LogP contribution in [0.15, 0.2) is 115 Å². The molecule has 4 aromatic carbocycles. The number of hydrogen-bond acceptors (Lipinski definition) is 5. The lowest BCUT2D eigenvalue weighted by molar-refractivity contribution is -0.160. The number of para-hydroxylation sites is 1. The summed E-state index contributed by atoms with van der Waals surface area (Å²) in [5.74, 6) is -0.902. The van der Waals surface area contributed by atoms with Crippen LogP contribution in [0, 0.1) is 0 Å². The van der Waals surface area contributed by atoms with Crippen molar-refractivity contribution in [1.82, 2.24) is 4.90 Å². The Morgan fingerprint density at radius 1 is 0.825 bits per heavy atom. The number of hydrogen-bond donors (Lipinski definition) is 1. The summed E-state index contributed by atoms with van der Waals surface area (Å²) in [6.07, 6.45) is 0. The van der Waals surface area contributed by atoms with Crippen molar-refractivity contribution in [3.63, 3.8) is 0 Å². The number of esters is 1. The van der Waals surface area contributed by atoms with Crippen molar-refractivity contribution < 1.29 is 19.4 Å². The first-order valence-corrected chi connectivity index (χ1v) is 13.5. The van der Waals surface area contributed by atoms with E-state index in [4.69, 9.17) is 4.74 Å². The van der Waals surface area contributed by atoms with Crippen LogP contribution in [0.5, 0.6) is 0 Å². The fourth-order valence-corrected chi connectivity index (χ4v) is 8.33. The molecule has 1 aliphatic carbocycles. The third-order valence-electron chi connectivity index (χ3n) is 9.60. The Morgan fingerprint density at radius 2 is 1.38 bits per heavy atom. The topological polar surface area (TPSA) is 70.1 Å². The molecular formula is C34H30N2O4. The summed E-state index contributed by atoms with van der Waals surface area (Å²) in [6, 6.07) is 36.8. The number of amides is 1. The van der Waals surface area contributed by atoms with Gasteiger partial charge in [0.2, 0.25) is 0 Å². The standard InChI is InChI=1S/C34H30N2O4/c1-35-23-31(25-16-8-4-9-17-25)33(26-18-10-5-11-19-26,34(31,39)30(38)40-2)32(35)27-20-12-13-21-28(27)36(29(32)37)22-24-14-6-3-7-15-24/h3-21,39H,22-23H2,1-2H3/t31-,32-,33+,34-/m0/s1. The predicted molar refractivity (Wildman–Crippen MR) is 152 cm³/mol. The van der Waals surface area contributed by atoms with Crippen LogP contribution < -0.4 is 4.90 Å². The zero-order valence-corrected chi connectivity index (χ0v) is 22.5. The average molecular weight is 531 g/mol. The number of methoxy groups -OCH3 is 1. The summed E-state index contributed by atoms with van der Waals surface area (Å²) in [5, 5.41) is 12.9. The summed E-state index contributed by atoms with van der Waals surface area (Å²) in [4.78, 5) is 33.0. The second-order valence-electron chi connectivity index (χ2n) is 11.0. The van der Waals surface area contributed by atoms with Crippen LogP contribution in [0.2, 0.25) is 0 Å². The van der Waals surface area contributed by atoms with Gasteiger partial charge in [0.1, 0.15) is 5.54 Å². The maximum Gasteiger partial charge on any atom is 0.339 e. The molecule has 6 heteroatoms. The van der Waals surface area contributed by atoms with Gasteiger partial charge in [0.25, 0.3) is 5.91 Å². The maximum atomic E-state index is 15.2. The summed E-state index contributed by atoms with van der Waals surface area (Å²) < 4.78 is 5.36. The Labute approximate surface area is 233 Å². The van der Waals surface area contributed by atoms with Crippen molar-refractivity contribution in [1.29, 1.82) is 0 Å². The van der Waals surface area contributed by atoms with Gasteiger partial charge < -0.3 is 14.7 Å². The van der Waals surface area contributed by atoms with Gasteiger partial charge in [0.05, 0.1) is 24.5 Å². The first-order chi connectivity index (χ1) is 19.4. The molecule has 2 aliphatic heterocycles. The smallest absolute Gasteiger partial charge is 0.339 e. The van der Waals surface area contributed by atoms with Crippen LogP contribution in [0.4, 0.5) is 5.69 Å². The molecule has 7 rings (SSSR count). The number of fused-ring (bicyclic) bond motifs is 4. The number of nitrogens with zero attached hydrogens (tertiary/aromatic N) is 2. The normalized spacial score (nSPS) is 30.3. The van der Waals surface area contributed by atoms with Crippen molar-refractivity contribution >= 4 is 17.6 Å². The molecule has 2 heterocycles. The van der Waals surface area contributed by atoms with E-state index in [2.05, 4.69) is 4.90 Å². The number of carbonyl (C=O) groups excluding carboxylic acids is 2. The Hall–Kier alpha value is -4.26. The van der Waals surface area contributed by atoms with Gasteiger partial charge in [-0.1, -0.05) is 109 Å². The van der Waals surface area contributed by atoms with E-state index in [9.17, 15) is 9.90 Å². The van der Waals surface area contributed by atoms with Crippen LogP contribution >= 0.6 is 0 Å². The van der Waals surface area contributed by atoms with E-state index in [0.717, 1.165) is 27.9 Å². The summed E-state index contributed by atoms with van der Waals surface area (Å²) in [5.41, 5.74) is -1.82. The average Bonchev–Trinajstić information content (AvgIpc) is 3.23. The van der Waals surface area contributed by atoms with Crippen LogP contribution in [0.1, 0.15) is 22.3 Å². The highest BCUT2D eigenvalue weighted by molar-refractivity contribution is 6.13. The number of likely N-dealkylation sites (tertiary alicyclic amines) is 1. The fraction of sp³-hybridized carbons (Fsp3) is 0.235. The molecule has 1 N–H and O–H groups in total. The number of likely N-dealkylation sites (N-methyl/N-ethyl adjacent to an activating group) is 1. The fourth-order valence-electron chi connectivity index (χ4n) is 8.33. The van der Waals surface area contributed by atoms with E-state index < -0.39 is 27.9 Å². The lowest BCUT2D eigenvalue weighted by atomic mass is 9.68. The largest absolute Gasteiger partial charge is 0.467 e. The van der Waals surface area contributed by atoms with Crippen LogP contribution in [0.25, 0.3) is 0 Å². The number of rotatable bonds is 5. The van der Waals surface area contributed by atoms with Gasteiger partial charge in [-0.05, 0) is 29.8 Å². The molecular weight excluding hydrogens is 500 g/mol. The molecule has 1 saturated heterocycles. The van der Waals surface area contributed by atoms with Crippen molar-refractivity contribution in [3.8, 4) is 0 Å². The molecule has 4 atom stereocenters. The zero-order valence-electron chi connectivity index (χ0n) is 22.5. The van der Waals surface area contributed by atoms with E-state index in [1.807, 2.05) is 127 Å². The minimum atomic E-state index is -2.00. The van der Waals surface area contributed by atoms with Crippen molar-refractivity contribution in [3.05, 3.63) is 138 Å². The van der Waals surface area contributed by atoms with Gasteiger partial charge in [-0.15, -0.1) is 0 Å². The number of aliphatic hydroxyl groups is 1.